The molecular weight excluding hydrogens is 354 g/mol. The van der Waals surface area contributed by atoms with Crippen LogP contribution in [-0.2, 0) is 19.9 Å². The van der Waals surface area contributed by atoms with Crippen molar-refractivity contribution in [1.29, 1.82) is 0 Å². The Morgan fingerprint density at radius 3 is 2.46 bits per heavy atom. The highest BCUT2D eigenvalue weighted by Gasteiger charge is 2.09. The van der Waals surface area contributed by atoms with Crippen LogP contribution in [0.4, 0.5) is 0 Å². The largest absolute Gasteiger partial charge is 0.493 e. The van der Waals surface area contributed by atoms with E-state index < -0.39 is 0 Å². The lowest BCUT2D eigenvalue weighted by Crippen LogP contribution is -2.38. The Morgan fingerprint density at radius 1 is 1.11 bits per heavy atom. The molecule has 2 rings (SSSR count). The molecule has 0 amide bonds. The molecule has 1 heterocycles. The summed E-state index contributed by atoms with van der Waals surface area (Å²) in [6.07, 6.45) is 1.75. The molecule has 154 valence electrons. The first-order valence-electron chi connectivity index (χ1n) is 9.72. The van der Waals surface area contributed by atoms with E-state index in [2.05, 4.69) is 42.6 Å². The molecular formula is C21H33N5O2. The molecule has 0 spiro atoms. The molecule has 0 aliphatic carbocycles. The number of guanidine groups is 1. The Morgan fingerprint density at radius 2 is 1.86 bits per heavy atom. The smallest absolute Gasteiger partial charge is 0.191 e. The Hall–Kier alpha value is -2.70. The summed E-state index contributed by atoms with van der Waals surface area (Å²) in [5.74, 6) is 2.33. The molecule has 0 aliphatic heterocycles. The highest BCUT2D eigenvalue weighted by molar-refractivity contribution is 5.79. The van der Waals surface area contributed by atoms with Gasteiger partial charge in [0.1, 0.15) is 0 Å². The quantitative estimate of drug-likeness (QED) is 0.511. The van der Waals surface area contributed by atoms with Gasteiger partial charge in [0.15, 0.2) is 17.5 Å². The molecule has 0 atom stereocenters. The zero-order valence-corrected chi connectivity index (χ0v) is 17.9. The number of benzene rings is 1. The molecule has 2 N–H and O–H groups in total. The maximum Gasteiger partial charge on any atom is 0.191 e. The van der Waals surface area contributed by atoms with Crippen molar-refractivity contribution >= 4 is 5.96 Å². The standard InChI is InChI=1S/C21H33N5O2/c1-7-22-21(24-13-11-18-15(2)25-26(4)16(18)3)23-12-10-17-8-9-19(27-5)20(14-17)28-6/h8-9,14H,7,10-13H2,1-6H3,(H2,22,23,24). The van der Waals surface area contributed by atoms with Crippen molar-refractivity contribution in [3.05, 3.63) is 40.7 Å². The van der Waals surface area contributed by atoms with Crippen LogP contribution in [-0.4, -0.2) is 49.6 Å². The number of methoxy groups -OCH3 is 2. The monoisotopic (exact) mass is 387 g/mol. The number of hydrogen-bond acceptors (Lipinski definition) is 4. The second-order valence-electron chi connectivity index (χ2n) is 6.65. The molecule has 0 unspecified atom stereocenters. The van der Waals surface area contributed by atoms with Crippen molar-refractivity contribution in [3.63, 3.8) is 0 Å². The van der Waals surface area contributed by atoms with Gasteiger partial charge in [0.2, 0.25) is 0 Å². The highest BCUT2D eigenvalue weighted by Crippen LogP contribution is 2.27. The van der Waals surface area contributed by atoms with Crippen LogP contribution in [0, 0.1) is 13.8 Å². The number of aliphatic imine (C=N–C) groups is 1. The van der Waals surface area contributed by atoms with Crippen LogP contribution in [0.5, 0.6) is 11.5 Å². The molecule has 2 aromatic rings. The van der Waals surface area contributed by atoms with Crippen molar-refractivity contribution < 1.29 is 9.47 Å². The summed E-state index contributed by atoms with van der Waals surface area (Å²) in [5, 5.41) is 11.2. The van der Waals surface area contributed by atoms with E-state index in [1.165, 1.54) is 16.8 Å². The number of ether oxygens (including phenoxy) is 2. The van der Waals surface area contributed by atoms with Gasteiger partial charge in [0.25, 0.3) is 0 Å². The van der Waals surface area contributed by atoms with Crippen LogP contribution in [0.15, 0.2) is 23.2 Å². The molecule has 0 radical (unpaired) electrons. The first-order valence-corrected chi connectivity index (χ1v) is 9.72. The SMILES string of the molecule is CCNC(=NCCc1c(C)nn(C)c1C)NCCc1ccc(OC)c(OC)c1. The third kappa shape index (κ3) is 5.65. The van der Waals surface area contributed by atoms with Crippen molar-refractivity contribution in [1.82, 2.24) is 20.4 Å². The van der Waals surface area contributed by atoms with Crippen LogP contribution in [0.1, 0.15) is 29.4 Å². The molecule has 1 aromatic carbocycles. The minimum atomic E-state index is 0.721. The molecule has 7 nitrogen and oxygen atoms in total. The van der Waals surface area contributed by atoms with Gasteiger partial charge < -0.3 is 20.1 Å². The van der Waals surface area contributed by atoms with Crippen LogP contribution in [0.25, 0.3) is 0 Å². The van der Waals surface area contributed by atoms with E-state index in [0.29, 0.717) is 0 Å². The van der Waals surface area contributed by atoms with Crippen molar-refractivity contribution in [3.8, 4) is 11.5 Å². The summed E-state index contributed by atoms with van der Waals surface area (Å²) in [6, 6.07) is 6.01. The fourth-order valence-electron chi connectivity index (χ4n) is 3.16. The molecule has 0 saturated heterocycles. The van der Waals surface area contributed by atoms with E-state index in [0.717, 1.165) is 55.6 Å². The fraction of sp³-hybridized carbons (Fsp3) is 0.524. The molecule has 7 heteroatoms. The number of hydrogen-bond donors (Lipinski definition) is 2. The highest BCUT2D eigenvalue weighted by atomic mass is 16.5. The summed E-state index contributed by atoms with van der Waals surface area (Å²) in [4.78, 5) is 4.71. The van der Waals surface area contributed by atoms with Crippen molar-refractivity contribution in [2.75, 3.05) is 33.9 Å². The second-order valence-corrected chi connectivity index (χ2v) is 6.65. The Balaban J connectivity index is 1.90. The van der Waals surface area contributed by atoms with Gasteiger partial charge in [-0.05, 0) is 56.9 Å². The minimum absolute atomic E-state index is 0.721. The lowest BCUT2D eigenvalue weighted by atomic mass is 10.1. The summed E-state index contributed by atoms with van der Waals surface area (Å²) in [5.41, 5.74) is 4.76. The number of aryl methyl sites for hydroxylation is 2. The van der Waals surface area contributed by atoms with Gasteiger partial charge in [0, 0.05) is 32.4 Å². The lowest BCUT2D eigenvalue weighted by Gasteiger charge is -2.13. The summed E-state index contributed by atoms with van der Waals surface area (Å²) < 4.78 is 12.6. The van der Waals surface area contributed by atoms with E-state index in [1.807, 2.05) is 23.9 Å². The number of aromatic nitrogens is 2. The molecule has 0 saturated carbocycles. The van der Waals surface area contributed by atoms with Gasteiger partial charge in [-0.1, -0.05) is 6.07 Å². The third-order valence-corrected chi connectivity index (χ3v) is 4.79. The Kier molecular flexibility index (Phi) is 8.17. The number of nitrogens with zero attached hydrogens (tertiary/aromatic N) is 3. The summed E-state index contributed by atoms with van der Waals surface area (Å²) >= 11 is 0. The minimum Gasteiger partial charge on any atom is -0.493 e. The van der Waals surface area contributed by atoms with Gasteiger partial charge in [-0.2, -0.15) is 5.10 Å². The van der Waals surface area contributed by atoms with Gasteiger partial charge in [-0.15, -0.1) is 0 Å². The number of rotatable bonds is 9. The van der Waals surface area contributed by atoms with Gasteiger partial charge in [-0.3, -0.25) is 9.67 Å². The van der Waals surface area contributed by atoms with Crippen LogP contribution < -0.4 is 20.1 Å². The summed E-state index contributed by atoms with van der Waals surface area (Å²) in [6.45, 7) is 8.56. The maximum atomic E-state index is 5.37. The van der Waals surface area contributed by atoms with E-state index in [4.69, 9.17) is 14.5 Å². The summed E-state index contributed by atoms with van der Waals surface area (Å²) in [7, 11) is 5.28. The maximum absolute atomic E-state index is 5.37. The predicted octanol–water partition coefficient (Wildman–Crippen LogP) is 2.39. The van der Waals surface area contributed by atoms with E-state index in [-0.39, 0.29) is 0 Å². The zero-order chi connectivity index (χ0) is 20.5. The lowest BCUT2D eigenvalue weighted by molar-refractivity contribution is 0.354. The molecule has 0 aliphatic rings. The van der Waals surface area contributed by atoms with Crippen LogP contribution >= 0.6 is 0 Å². The van der Waals surface area contributed by atoms with Gasteiger partial charge in [-0.25, -0.2) is 0 Å². The molecule has 28 heavy (non-hydrogen) atoms. The van der Waals surface area contributed by atoms with E-state index >= 15 is 0 Å². The molecule has 1 aromatic heterocycles. The third-order valence-electron chi connectivity index (χ3n) is 4.79. The molecule has 0 fully saturated rings. The van der Waals surface area contributed by atoms with Gasteiger partial charge in [0.05, 0.1) is 19.9 Å². The second kappa shape index (κ2) is 10.6. The first kappa shape index (κ1) is 21.6. The Bertz CT molecular complexity index is 798. The average Bonchev–Trinajstić information content (AvgIpc) is 2.93. The predicted molar refractivity (Wildman–Crippen MR) is 114 cm³/mol. The van der Waals surface area contributed by atoms with Gasteiger partial charge >= 0.3 is 0 Å². The topological polar surface area (TPSA) is 72.7 Å². The first-order chi connectivity index (χ1) is 13.5. The zero-order valence-electron chi connectivity index (χ0n) is 17.9. The fourth-order valence-corrected chi connectivity index (χ4v) is 3.16. The van der Waals surface area contributed by atoms with E-state index in [9.17, 15) is 0 Å². The number of nitrogens with one attached hydrogen (secondary N) is 2. The van der Waals surface area contributed by atoms with Crippen LogP contribution in [0.3, 0.4) is 0 Å². The van der Waals surface area contributed by atoms with Crippen molar-refractivity contribution in [2.45, 2.75) is 33.6 Å². The van der Waals surface area contributed by atoms with E-state index in [1.54, 1.807) is 14.2 Å². The molecule has 0 bridgehead atoms. The van der Waals surface area contributed by atoms with Crippen molar-refractivity contribution in [2.24, 2.45) is 12.0 Å². The Labute approximate surface area is 168 Å². The van der Waals surface area contributed by atoms with Crippen LogP contribution in [0.2, 0.25) is 0 Å². The normalized spacial score (nSPS) is 11.4. The average molecular weight is 388 g/mol.